The number of aromatic nitrogens is 3. The molecule has 0 atom stereocenters. The van der Waals surface area contributed by atoms with E-state index in [1.807, 2.05) is 31.4 Å². The van der Waals surface area contributed by atoms with Gasteiger partial charge < -0.3 is 15.0 Å². The van der Waals surface area contributed by atoms with Crippen LogP contribution in [0.2, 0.25) is 0 Å². The molecule has 2 heterocycles. The van der Waals surface area contributed by atoms with E-state index in [0.717, 1.165) is 22.6 Å². The molecule has 3 rings (SSSR count). The summed E-state index contributed by atoms with van der Waals surface area (Å²) in [6.45, 7) is 2.06. The molecular formula is C16H16N4O. The van der Waals surface area contributed by atoms with Crippen LogP contribution in [0.3, 0.4) is 0 Å². The molecule has 21 heavy (non-hydrogen) atoms. The molecule has 1 aromatic carbocycles. The second-order valence-corrected chi connectivity index (χ2v) is 4.87. The summed E-state index contributed by atoms with van der Waals surface area (Å²) in [6.07, 6.45) is 3.73. The third kappa shape index (κ3) is 2.72. The number of phenols is 1. The average molecular weight is 280 g/mol. The first-order valence-corrected chi connectivity index (χ1v) is 6.65. The zero-order valence-electron chi connectivity index (χ0n) is 11.9. The summed E-state index contributed by atoms with van der Waals surface area (Å²) in [5.74, 6) is 0.705. The van der Waals surface area contributed by atoms with Crippen molar-refractivity contribution in [1.82, 2.24) is 14.5 Å². The standard InChI is InChI=1S/C16H16N4O/c1-11-14(7-9-20(11)2)15-6-8-17-16(19-15)18-12-4-3-5-13(21)10-12/h3-10,21H,1-2H3,(H,17,18,19). The number of benzene rings is 1. The first kappa shape index (κ1) is 13.2. The van der Waals surface area contributed by atoms with E-state index < -0.39 is 0 Å². The van der Waals surface area contributed by atoms with Crippen LogP contribution >= 0.6 is 0 Å². The molecule has 0 spiro atoms. The summed E-state index contributed by atoms with van der Waals surface area (Å²) in [5.41, 5.74) is 3.85. The van der Waals surface area contributed by atoms with Crippen LogP contribution in [0.1, 0.15) is 5.69 Å². The SMILES string of the molecule is Cc1c(-c2ccnc(Nc3cccc(O)c3)n2)ccn1C. The lowest BCUT2D eigenvalue weighted by molar-refractivity contribution is 0.475. The van der Waals surface area contributed by atoms with Crippen LogP contribution in [-0.2, 0) is 7.05 Å². The summed E-state index contributed by atoms with van der Waals surface area (Å²) < 4.78 is 2.06. The molecular weight excluding hydrogens is 264 g/mol. The molecule has 0 aliphatic rings. The van der Waals surface area contributed by atoms with E-state index in [4.69, 9.17) is 0 Å². The van der Waals surface area contributed by atoms with E-state index in [2.05, 4.69) is 26.8 Å². The number of aromatic hydroxyl groups is 1. The van der Waals surface area contributed by atoms with Gasteiger partial charge in [-0.05, 0) is 31.2 Å². The quantitative estimate of drug-likeness (QED) is 0.773. The van der Waals surface area contributed by atoms with Gasteiger partial charge in [0.2, 0.25) is 5.95 Å². The lowest BCUT2D eigenvalue weighted by Crippen LogP contribution is -1.98. The predicted octanol–water partition coefficient (Wildman–Crippen LogP) is 3.24. The van der Waals surface area contributed by atoms with Crippen molar-refractivity contribution >= 4 is 11.6 Å². The largest absolute Gasteiger partial charge is 0.508 e. The highest BCUT2D eigenvalue weighted by Crippen LogP contribution is 2.24. The fourth-order valence-electron chi connectivity index (χ4n) is 2.16. The molecule has 2 aromatic heterocycles. The Kier molecular flexibility index (Phi) is 3.31. The highest BCUT2D eigenvalue weighted by atomic mass is 16.3. The molecule has 5 heteroatoms. The number of rotatable bonds is 3. The van der Waals surface area contributed by atoms with Crippen molar-refractivity contribution in [2.75, 3.05) is 5.32 Å². The smallest absolute Gasteiger partial charge is 0.227 e. The van der Waals surface area contributed by atoms with Gasteiger partial charge in [0.05, 0.1) is 5.69 Å². The number of hydrogen-bond acceptors (Lipinski definition) is 4. The normalized spacial score (nSPS) is 10.6. The predicted molar refractivity (Wildman–Crippen MR) is 82.6 cm³/mol. The van der Waals surface area contributed by atoms with Crippen LogP contribution in [0.5, 0.6) is 5.75 Å². The second kappa shape index (κ2) is 5.28. The van der Waals surface area contributed by atoms with Crippen LogP contribution in [0.25, 0.3) is 11.3 Å². The van der Waals surface area contributed by atoms with Gasteiger partial charge in [0, 0.05) is 42.5 Å². The number of aryl methyl sites for hydroxylation is 1. The Morgan fingerprint density at radius 1 is 1.19 bits per heavy atom. The number of phenolic OH excluding ortho intramolecular Hbond substituents is 1. The van der Waals surface area contributed by atoms with Crippen molar-refractivity contribution in [2.45, 2.75) is 6.92 Å². The molecule has 0 radical (unpaired) electrons. The third-order valence-corrected chi connectivity index (χ3v) is 3.42. The first-order chi connectivity index (χ1) is 10.1. The van der Waals surface area contributed by atoms with Crippen molar-refractivity contribution in [2.24, 2.45) is 7.05 Å². The lowest BCUT2D eigenvalue weighted by Gasteiger charge is -2.07. The van der Waals surface area contributed by atoms with Crippen LogP contribution in [0.15, 0.2) is 48.8 Å². The Hall–Kier alpha value is -2.82. The van der Waals surface area contributed by atoms with Crippen molar-refractivity contribution in [3.63, 3.8) is 0 Å². The van der Waals surface area contributed by atoms with Gasteiger partial charge in [0.25, 0.3) is 0 Å². The van der Waals surface area contributed by atoms with E-state index in [-0.39, 0.29) is 5.75 Å². The zero-order chi connectivity index (χ0) is 14.8. The average Bonchev–Trinajstić information content (AvgIpc) is 2.79. The monoisotopic (exact) mass is 280 g/mol. The Morgan fingerprint density at radius 2 is 2.05 bits per heavy atom. The van der Waals surface area contributed by atoms with Gasteiger partial charge in [-0.2, -0.15) is 0 Å². The Balaban J connectivity index is 1.92. The van der Waals surface area contributed by atoms with Crippen LogP contribution in [0, 0.1) is 6.92 Å². The highest BCUT2D eigenvalue weighted by molar-refractivity contribution is 5.64. The molecule has 5 nitrogen and oxygen atoms in total. The molecule has 0 saturated carbocycles. The molecule has 0 aliphatic carbocycles. The molecule has 0 saturated heterocycles. The van der Waals surface area contributed by atoms with Gasteiger partial charge in [-0.3, -0.25) is 0 Å². The zero-order valence-corrected chi connectivity index (χ0v) is 11.9. The molecule has 0 aliphatic heterocycles. The fraction of sp³-hybridized carbons (Fsp3) is 0.125. The maximum absolute atomic E-state index is 9.48. The van der Waals surface area contributed by atoms with Crippen LogP contribution < -0.4 is 5.32 Å². The van der Waals surface area contributed by atoms with Gasteiger partial charge in [-0.1, -0.05) is 6.07 Å². The van der Waals surface area contributed by atoms with E-state index in [1.165, 1.54) is 0 Å². The first-order valence-electron chi connectivity index (χ1n) is 6.65. The van der Waals surface area contributed by atoms with E-state index >= 15 is 0 Å². The summed E-state index contributed by atoms with van der Waals surface area (Å²) in [4.78, 5) is 8.74. The van der Waals surface area contributed by atoms with Crippen molar-refractivity contribution in [3.8, 4) is 17.0 Å². The van der Waals surface area contributed by atoms with E-state index in [1.54, 1.807) is 24.4 Å². The van der Waals surface area contributed by atoms with Gasteiger partial charge in [-0.15, -0.1) is 0 Å². The minimum Gasteiger partial charge on any atom is -0.508 e. The molecule has 0 amide bonds. The van der Waals surface area contributed by atoms with Crippen molar-refractivity contribution in [3.05, 3.63) is 54.5 Å². The Morgan fingerprint density at radius 3 is 2.76 bits per heavy atom. The minimum atomic E-state index is 0.204. The maximum atomic E-state index is 9.48. The van der Waals surface area contributed by atoms with Crippen molar-refractivity contribution in [1.29, 1.82) is 0 Å². The van der Waals surface area contributed by atoms with Gasteiger partial charge in [0.1, 0.15) is 5.75 Å². The molecule has 2 N–H and O–H groups in total. The number of hydrogen-bond donors (Lipinski definition) is 2. The minimum absolute atomic E-state index is 0.204. The lowest BCUT2D eigenvalue weighted by atomic mass is 10.2. The molecule has 3 aromatic rings. The maximum Gasteiger partial charge on any atom is 0.227 e. The second-order valence-electron chi connectivity index (χ2n) is 4.87. The fourth-order valence-corrected chi connectivity index (χ4v) is 2.16. The van der Waals surface area contributed by atoms with Gasteiger partial charge in [0.15, 0.2) is 0 Å². The highest BCUT2D eigenvalue weighted by Gasteiger charge is 2.08. The molecule has 0 unspecified atom stereocenters. The number of anilines is 2. The van der Waals surface area contributed by atoms with E-state index in [0.29, 0.717) is 5.95 Å². The van der Waals surface area contributed by atoms with Gasteiger partial charge in [-0.25, -0.2) is 9.97 Å². The summed E-state index contributed by atoms with van der Waals surface area (Å²) in [7, 11) is 2.01. The molecule has 106 valence electrons. The van der Waals surface area contributed by atoms with Crippen LogP contribution in [0.4, 0.5) is 11.6 Å². The molecule has 0 fully saturated rings. The summed E-state index contributed by atoms with van der Waals surface area (Å²) >= 11 is 0. The Labute approximate surface area is 122 Å². The van der Waals surface area contributed by atoms with E-state index in [9.17, 15) is 5.11 Å². The molecule has 0 bridgehead atoms. The Bertz CT molecular complexity index is 779. The van der Waals surface area contributed by atoms with Crippen molar-refractivity contribution < 1.29 is 5.11 Å². The van der Waals surface area contributed by atoms with Gasteiger partial charge >= 0.3 is 0 Å². The number of nitrogens with zero attached hydrogens (tertiary/aromatic N) is 3. The summed E-state index contributed by atoms with van der Waals surface area (Å²) in [6, 6.07) is 10.8. The third-order valence-electron chi connectivity index (χ3n) is 3.42. The van der Waals surface area contributed by atoms with Crippen LogP contribution in [-0.4, -0.2) is 19.6 Å². The summed E-state index contributed by atoms with van der Waals surface area (Å²) in [5, 5.41) is 12.6. The topological polar surface area (TPSA) is 63.0 Å². The number of nitrogens with one attached hydrogen (secondary N) is 1.